The number of hydrogen-bond donors (Lipinski definition) is 0. The van der Waals surface area contributed by atoms with E-state index in [1.807, 2.05) is 0 Å². The molecule has 2 aliphatic carbocycles. The minimum absolute atomic E-state index is 0.0443. The zero-order chi connectivity index (χ0) is 34.3. The first-order valence-corrected chi connectivity index (χ1v) is 19.6. The van der Waals surface area contributed by atoms with Gasteiger partial charge < -0.3 is 0 Å². The van der Waals surface area contributed by atoms with Crippen LogP contribution in [0, 0.1) is 0 Å². The quantitative estimate of drug-likeness (QED) is 0.163. The topological polar surface area (TPSA) is 21.2 Å². The van der Waals surface area contributed by atoms with Gasteiger partial charge in [-0.25, -0.2) is 3.97 Å². The second-order valence-corrected chi connectivity index (χ2v) is 18.3. The monoisotopic (exact) mass is 676 g/mol. The van der Waals surface area contributed by atoms with E-state index < -0.39 is 10.4 Å². The van der Waals surface area contributed by atoms with Crippen LogP contribution < -0.4 is 9.46 Å². The molecule has 1 unspecified atom stereocenters. The van der Waals surface area contributed by atoms with E-state index in [0.717, 1.165) is 17.7 Å². The van der Waals surface area contributed by atoms with Crippen LogP contribution in [0.3, 0.4) is 0 Å². The summed E-state index contributed by atoms with van der Waals surface area (Å²) in [5, 5.41) is 3.73. The van der Waals surface area contributed by atoms with E-state index in [1.54, 1.807) is 0 Å². The molecular formula is C47H38N3S+. The van der Waals surface area contributed by atoms with E-state index in [2.05, 4.69) is 181 Å². The predicted molar refractivity (Wildman–Crippen MR) is 210 cm³/mol. The van der Waals surface area contributed by atoms with Gasteiger partial charge in [0, 0.05) is 28.0 Å². The van der Waals surface area contributed by atoms with Crippen LogP contribution in [0.1, 0.15) is 49.9 Å². The molecule has 3 nitrogen and oxygen atoms in total. The fourth-order valence-corrected chi connectivity index (χ4v) is 14.0. The van der Waals surface area contributed by atoms with Crippen LogP contribution in [0.4, 0.5) is 5.82 Å². The summed E-state index contributed by atoms with van der Waals surface area (Å²) < 4.78 is 5.24. The Labute approximate surface area is 300 Å². The molecule has 1 atom stereocenters. The Morgan fingerprint density at radius 1 is 0.608 bits per heavy atom. The van der Waals surface area contributed by atoms with Crippen molar-refractivity contribution >= 4 is 37.9 Å². The van der Waals surface area contributed by atoms with Crippen LogP contribution in [0.5, 0.6) is 0 Å². The Hall–Kier alpha value is -5.45. The van der Waals surface area contributed by atoms with Crippen molar-refractivity contribution in [2.24, 2.45) is 4.99 Å². The molecule has 2 aromatic heterocycles. The van der Waals surface area contributed by atoms with Gasteiger partial charge in [0.1, 0.15) is 6.20 Å². The van der Waals surface area contributed by atoms with E-state index in [1.165, 1.54) is 76.0 Å². The van der Waals surface area contributed by atoms with Crippen molar-refractivity contribution in [1.29, 1.82) is 0 Å². The van der Waals surface area contributed by atoms with E-state index in [0.29, 0.717) is 0 Å². The normalized spacial score (nSPS) is 19.9. The molecule has 1 aliphatic heterocycles. The Morgan fingerprint density at radius 3 is 2.08 bits per heavy atom. The third kappa shape index (κ3) is 3.56. The zero-order valence-corrected chi connectivity index (χ0v) is 30.1. The Bertz CT molecular complexity index is 2850. The summed E-state index contributed by atoms with van der Waals surface area (Å²) in [6.45, 7) is 9.64. The van der Waals surface area contributed by atoms with Crippen molar-refractivity contribution < 1.29 is 3.97 Å². The first-order valence-electron chi connectivity index (χ1n) is 18.0. The van der Waals surface area contributed by atoms with Crippen molar-refractivity contribution in [3.8, 4) is 22.3 Å². The fourth-order valence-electron chi connectivity index (χ4n) is 9.78. The summed E-state index contributed by atoms with van der Waals surface area (Å²) in [6.07, 6.45) is 3.31. The first-order chi connectivity index (χ1) is 24.8. The van der Waals surface area contributed by atoms with E-state index in [4.69, 9.17) is 4.99 Å². The van der Waals surface area contributed by atoms with Gasteiger partial charge >= 0.3 is 5.82 Å². The van der Waals surface area contributed by atoms with Crippen LogP contribution in [0.15, 0.2) is 161 Å². The molecular weight excluding hydrogens is 639 g/mol. The van der Waals surface area contributed by atoms with Crippen molar-refractivity contribution in [3.63, 3.8) is 0 Å². The third-order valence-electron chi connectivity index (χ3n) is 12.0. The van der Waals surface area contributed by atoms with E-state index in [9.17, 15) is 0 Å². The molecule has 0 fully saturated rings. The van der Waals surface area contributed by atoms with Crippen LogP contribution in [0.2, 0.25) is 0 Å². The number of hydrogen-bond acceptors (Lipinski definition) is 1. The predicted octanol–water partition coefficient (Wildman–Crippen LogP) is 11.0. The standard InChI is InChI=1S/C47H38N3S/c1-46(2)29-31-15-5-6-18-32(31)43-36(46)22-13-25-39(43)51(40-26-14-23-37-44(40)33-19-7-8-21-35(33)47(37,3)4)49-28-10-9-27-41(49)48-45-34-20-11-16-30-17-12-24-38(42(30)34)50(45)51/h5-28H,29H2,1-4H3/q+1. The molecule has 0 radical (unpaired) electrons. The first kappa shape index (κ1) is 29.3. The highest BCUT2D eigenvalue weighted by atomic mass is 32.3. The summed E-state index contributed by atoms with van der Waals surface area (Å²) in [4.78, 5) is 8.27. The molecule has 11 rings (SSSR count). The fraction of sp³-hybridized carbons (Fsp3) is 0.149. The summed E-state index contributed by atoms with van der Waals surface area (Å²) >= 11 is 0. The zero-order valence-electron chi connectivity index (χ0n) is 29.3. The summed E-state index contributed by atoms with van der Waals surface area (Å²) in [5.41, 5.74) is 13.1. The molecule has 0 saturated heterocycles. The van der Waals surface area contributed by atoms with Gasteiger partial charge in [-0.05, 0) is 85.9 Å². The number of fused-ring (bicyclic) bond motifs is 10. The van der Waals surface area contributed by atoms with Gasteiger partial charge in [0.25, 0.3) is 5.49 Å². The second-order valence-electron chi connectivity index (χ2n) is 15.6. The average molecular weight is 677 g/mol. The minimum atomic E-state index is -2.34. The van der Waals surface area contributed by atoms with E-state index >= 15 is 0 Å². The molecule has 3 aliphatic rings. The van der Waals surface area contributed by atoms with Crippen LogP contribution in [0.25, 0.3) is 43.9 Å². The maximum Gasteiger partial charge on any atom is 0.337 e. The van der Waals surface area contributed by atoms with Crippen molar-refractivity contribution in [2.75, 3.05) is 0 Å². The highest BCUT2D eigenvalue weighted by Crippen LogP contribution is 2.69. The SMILES string of the molecule is CC1(C)Cc2ccccc2-c2c1cccc2S1(c2cccc3c2-c2ccccc2C3(C)C)n2c(c3cccc4cccc2c43)=Nc2cccc[n+]21. The van der Waals surface area contributed by atoms with E-state index in [-0.39, 0.29) is 10.8 Å². The largest absolute Gasteiger partial charge is 0.337 e. The van der Waals surface area contributed by atoms with Gasteiger partial charge in [-0.1, -0.05) is 131 Å². The lowest BCUT2D eigenvalue weighted by Crippen LogP contribution is -2.49. The number of pyridine rings is 1. The summed E-state index contributed by atoms with van der Waals surface area (Å²) in [6, 6.07) is 52.7. The Kier molecular flexibility index (Phi) is 5.67. The van der Waals surface area contributed by atoms with Gasteiger partial charge in [-0.15, -0.1) is 0 Å². The van der Waals surface area contributed by atoms with Crippen LogP contribution in [-0.4, -0.2) is 3.97 Å². The average Bonchev–Trinajstić information content (AvgIpc) is 3.60. The lowest BCUT2D eigenvalue weighted by atomic mass is 9.70. The molecule has 51 heavy (non-hydrogen) atoms. The summed E-state index contributed by atoms with van der Waals surface area (Å²) in [7, 11) is -2.34. The number of benzene rings is 6. The van der Waals surface area contributed by atoms with Gasteiger partial charge in [-0.2, -0.15) is 3.97 Å². The molecule has 4 heteroatoms. The van der Waals surface area contributed by atoms with Crippen molar-refractivity contribution in [2.45, 2.75) is 54.7 Å². The maximum atomic E-state index is 5.57. The summed E-state index contributed by atoms with van der Waals surface area (Å²) in [5.74, 6) is 0.979. The highest BCUT2D eigenvalue weighted by molar-refractivity contribution is 8.27. The molecule has 6 aromatic carbocycles. The van der Waals surface area contributed by atoms with Gasteiger partial charge in [0.2, 0.25) is 0 Å². The lowest BCUT2D eigenvalue weighted by molar-refractivity contribution is -0.494. The minimum Gasteiger partial charge on any atom is -0.224 e. The molecule has 0 saturated carbocycles. The maximum absolute atomic E-state index is 5.57. The molecule has 3 heterocycles. The number of aromatic nitrogens is 2. The lowest BCUT2D eigenvalue weighted by Gasteiger charge is -2.45. The van der Waals surface area contributed by atoms with Crippen molar-refractivity contribution in [3.05, 3.63) is 173 Å². The molecule has 246 valence electrons. The molecule has 0 amide bonds. The molecule has 0 bridgehead atoms. The van der Waals surface area contributed by atoms with Crippen LogP contribution >= 0.6 is 10.4 Å². The van der Waals surface area contributed by atoms with Crippen LogP contribution in [-0.2, 0) is 17.3 Å². The van der Waals surface area contributed by atoms with Gasteiger partial charge in [0.15, 0.2) is 0 Å². The highest BCUT2D eigenvalue weighted by Gasteiger charge is 2.51. The Balaban J connectivity index is 1.44. The number of nitrogens with zero attached hydrogens (tertiary/aromatic N) is 3. The smallest absolute Gasteiger partial charge is 0.224 e. The molecule has 0 spiro atoms. The second kappa shape index (κ2) is 9.86. The van der Waals surface area contributed by atoms with Gasteiger partial charge in [-0.3, -0.25) is 0 Å². The molecule has 0 N–H and O–H groups in total. The Morgan fingerprint density at radius 2 is 1.25 bits per heavy atom. The number of rotatable bonds is 2. The van der Waals surface area contributed by atoms with Gasteiger partial charge in [0.05, 0.1) is 31.1 Å². The van der Waals surface area contributed by atoms with Crippen molar-refractivity contribution in [1.82, 2.24) is 3.97 Å². The molecule has 8 aromatic rings. The third-order valence-corrected chi connectivity index (χ3v) is 15.6.